The SMILES string of the molecule is CCN(CC)C(=O)CN1C(=O)S/C(=C\c2ccc(F)cc2)C1=O. The zero-order valence-corrected chi connectivity index (χ0v) is 13.7. The molecule has 1 heterocycles. The third kappa shape index (κ3) is 3.98. The van der Waals surface area contributed by atoms with Crippen molar-refractivity contribution in [2.24, 2.45) is 0 Å². The number of hydrogen-bond acceptors (Lipinski definition) is 4. The summed E-state index contributed by atoms with van der Waals surface area (Å²) in [6.45, 7) is 4.47. The number of benzene rings is 1. The van der Waals surface area contributed by atoms with Crippen LogP contribution < -0.4 is 0 Å². The van der Waals surface area contributed by atoms with Crippen molar-refractivity contribution in [3.63, 3.8) is 0 Å². The van der Waals surface area contributed by atoms with Gasteiger partial charge in [0.25, 0.3) is 11.1 Å². The number of rotatable bonds is 5. The molecule has 0 atom stereocenters. The van der Waals surface area contributed by atoms with Gasteiger partial charge < -0.3 is 4.90 Å². The average molecular weight is 336 g/mol. The van der Waals surface area contributed by atoms with Gasteiger partial charge in [-0.05, 0) is 49.4 Å². The lowest BCUT2D eigenvalue weighted by Crippen LogP contribution is -2.41. The third-order valence-corrected chi connectivity index (χ3v) is 4.36. The summed E-state index contributed by atoms with van der Waals surface area (Å²) >= 11 is 0.784. The largest absolute Gasteiger partial charge is 0.342 e. The number of carbonyl (C=O) groups excluding carboxylic acids is 3. The fraction of sp³-hybridized carbons (Fsp3) is 0.312. The second-order valence-corrected chi connectivity index (χ2v) is 5.88. The molecule has 0 unspecified atom stereocenters. The zero-order valence-electron chi connectivity index (χ0n) is 12.9. The van der Waals surface area contributed by atoms with Gasteiger partial charge in [0, 0.05) is 13.1 Å². The molecule has 0 aliphatic carbocycles. The number of amides is 3. The maximum absolute atomic E-state index is 12.9. The predicted octanol–water partition coefficient (Wildman–Crippen LogP) is 2.73. The topological polar surface area (TPSA) is 57.7 Å². The minimum Gasteiger partial charge on any atom is -0.342 e. The number of hydrogen-bond donors (Lipinski definition) is 0. The van der Waals surface area contributed by atoms with Crippen molar-refractivity contribution < 1.29 is 18.8 Å². The van der Waals surface area contributed by atoms with Crippen LogP contribution in [0.2, 0.25) is 0 Å². The molecule has 122 valence electrons. The molecule has 0 spiro atoms. The van der Waals surface area contributed by atoms with E-state index < -0.39 is 11.1 Å². The fourth-order valence-corrected chi connectivity index (χ4v) is 3.00. The first kappa shape index (κ1) is 17.2. The van der Waals surface area contributed by atoms with E-state index in [0.717, 1.165) is 16.7 Å². The van der Waals surface area contributed by atoms with Crippen LogP contribution in [-0.2, 0) is 9.59 Å². The molecule has 1 aliphatic heterocycles. The molecular weight excluding hydrogens is 319 g/mol. The van der Waals surface area contributed by atoms with Gasteiger partial charge in [-0.1, -0.05) is 12.1 Å². The summed E-state index contributed by atoms with van der Waals surface area (Å²) < 4.78 is 12.9. The molecule has 0 aromatic heterocycles. The number of halogens is 1. The lowest BCUT2D eigenvalue weighted by atomic mass is 10.2. The normalized spacial score (nSPS) is 16.3. The minimum atomic E-state index is -0.496. The van der Waals surface area contributed by atoms with Gasteiger partial charge in [0.2, 0.25) is 5.91 Å². The second kappa shape index (κ2) is 7.41. The molecule has 1 fully saturated rings. The maximum Gasteiger partial charge on any atom is 0.294 e. The monoisotopic (exact) mass is 336 g/mol. The summed E-state index contributed by atoms with van der Waals surface area (Å²) in [7, 11) is 0. The minimum absolute atomic E-state index is 0.231. The molecule has 3 amide bonds. The summed E-state index contributed by atoms with van der Waals surface area (Å²) in [5.41, 5.74) is 0.618. The molecule has 0 saturated carbocycles. The van der Waals surface area contributed by atoms with Crippen LogP contribution >= 0.6 is 11.8 Å². The number of thioether (sulfide) groups is 1. The molecule has 0 N–H and O–H groups in total. The first-order valence-electron chi connectivity index (χ1n) is 7.25. The van der Waals surface area contributed by atoms with Gasteiger partial charge in [-0.3, -0.25) is 19.3 Å². The quantitative estimate of drug-likeness (QED) is 0.776. The highest BCUT2D eigenvalue weighted by atomic mass is 32.2. The average Bonchev–Trinajstić information content (AvgIpc) is 2.78. The first-order chi connectivity index (χ1) is 11.0. The molecule has 0 bridgehead atoms. The highest BCUT2D eigenvalue weighted by Gasteiger charge is 2.36. The fourth-order valence-electron chi connectivity index (χ4n) is 2.16. The van der Waals surface area contributed by atoms with Crippen molar-refractivity contribution >= 4 is 34.9 Å². The van der Waals surface area contributed by atoms with Crippen molar-refractivity contribution in [3.8, 4) is 0 Å². The van der Waals surface area contributed by atoms with Crippen molar-refractivity contribution in [3.05, 3.63) is 40.6 Å². The van der Waals surface area contributed by atoms with E-state index >= 15 is 0 Å². The van der Waals surface area contributed by atoms with E-state index in [9.17, 15) is 18.8 Å². The van der Waals surface area contributed by atoms with Crippen LogP contribution in [0.15, 0.2) is 29.2 Å². The molecule has 1 saturated heterocycles. The van der Waals surface area contributed by atoms with E-state index in [1.165, 1.54) is 30.3 Å². The van der Waals surface area contributed by atoms with E-state index in [0.29, 0.717) is 18.7 Å². The van der Waals surface area contributed by atoms with Crippen molar-refractivity contribution in [1.29, 1.82) is 0 Å². The molecule has 2 rings (SSSR count). The highest BCUT2D eigenvalue weighted by molar-refractivity contribution is 8.18. The Kier molecular flexibility index (Phi) is 5.54. The van der Waals surface area contributed by atoms with E-state index in [4.69, 9.17) is 0 Å². The second-order valence-electron chi connectivity index (χ2n) is 4.89. The molecule has 1 aromatic carbocycles. The summed E-state index contributed by atoms with van der Waals surface area (Å²) in [6.07, 6.45) is 1.52. The Hall–Kier alpha value is -2.15. The van der Waals surface area contributed by atoms with Crippen LogP contribution in [0.5, 0.6) is 0 Å². The Morgan fingerprint density at radius 1 is 1.22 bits per heavy atom. The third-order valence-electron chi connectivity index (χ3n) is 3.45. The van der Waals surface area contributed by atoms with Gasteiger partial charge in [0.15, 0.2) is 0 Å². The van der Waals surface area contributed by atoms with Gasteiger partial charge in [0.05, 0.1) is 4.91 Å². The Morgan fingerprint density at radius 3 is 2.39 bits per heavy atom. The van der Waals surface area contributed by atoms with E-state index in [1.807, 2.05) is 13.8 Å². The van der Waals surface area contributed by atoms with Crippen LogP contribution in [0.1, 0.15) is 19.4 Å². The van der Waals surface area contributed by atoms with Crippen molar-refractivity contribution in [2.75, 3.05) is 19.6 Å². The first-order valence-corrected chi connectivity index (χ1v) is 8.06. The Balaban J connectivity index is 2.13. The van der Waals surface area contributed by atoms with Crippen molar-refractivity contribution in [2.45, 2.75) is 13.8 Å². The van der Waals surface area contributed by atoms with Gasteiger partial charge in [0.1, 0.15) is 12.4 Å². The van der Waals surface area contributed by atoms with Gasteiger partial charge in [-0.25, -0.2) is 4.39 Å². The van der Waals surface area contributed by atoms with Gasteiger partial charge in [-0.2, -0.15) is 0 Å². The highest BCUT2D eigenvalue weighted by Crippen LogP contribution is 2.32. The molecule has 1 aliphatic rings. The van der Waals surface area contributed by atoms with Gasteiger partial charge >= 0.3 is 0 Å². The van der Waals surface area contributed by atoms with E-state index in [1.54, 1.807) is 4.90 Å². The van der Waals surface area contributed by atoms with E-state index in [2.05, 4.69) is 0 Å². The van der Waals surface area contributed by atoms with Crippen LogP contribution in [-0.4, -0.2) is 46.5 Å². The standard InChI is InChI=1S/C16H17FN2O3S/c1-3-18(4-2)14(20)10-19-15(21)13(23-16(19)22)9-11-5-7-12(17)8-6-11/h5-9H,3-4,10H2,1-2H3/b13-9-. The van der Waals surface area contributed by atoms with Crippen LogP contribution in [0, 0.1) is 5.82 Å². The predicted molar refractivity (Wildman–Crippen MR) is 87.0 cm³/mol. The summed E-state index contributed by atoms with van der Waals surface area (Å²) in [5.74, 6) is -1.13. The summed E-state index contributed by atoms with van der Waals surface area (Å²) in [4.78, 5) is 39.1. The van der Waals surface area contributed by atoms with E-state index in [-0.39, 0.29) is 23.2 Å². The lowest BCUT2D eigenvalue weighted by Gasteiger charge is -2.21. The van der Waals surface area contributed by atoms with Crippen LogP contribution in [0.4, 0.5) is 9.18 Å². The molecule has 7 heteroatoms. The van der Waals surface area contributed by atoms with Gasteiger partial charge in [-0.15, -0.1) is 0 Å². The summed E-state index contributed by atoms with van der Waals surface area (Å²) in [6, 6.07) is 5.59. The molecule has 5 nitrogen and oxygen atoms in total. The molecule has 23 heavy (non-hydrogen) atoms. The molecule has 1 aromatic rings. The Bertz CT molecular complexity index is 654. The number of carbonyl (C=O) groups is 3. The number of nitrogens with zero attached hydrogens (tertiary/aromatic N) is 2. The zero-order chi connectivity index (χ0) is 17.0. The lowest BCUT2D eigenvalue weighted by molar-refractivity contribution is -0.135. The Morgan fingerprint density at radius 2 is 1.83 bits per heavy atom. The van der Waals surface area contributed by atoms with Crippen molar-refractivity contribution in [1.82, 2.24) is 9.80 Å². The van der Waals surface area contributed by atoms with Crippen LogP contribution in [0.25, 0.3) is 6.08 Å². The number of likely N-dealkylation sites (N-methyl/N-ethyl adjacent to an activating group) is 1. The molecule has 0 radical (unpaired) electrons. The Labute approximate surface area is 138 Å². The molecular formula is C16H17FN2O3S. The number of imide groups is 1. The smallest absolute Gasteiger partial charge is 0.294 e. The summed E-state index contributed by atoms with van der Waals surface area (Å²) in [5, 5.41) is -0.469. The maximum atomic E-state index is 12.9. The van der Waals surface area contributed by atoms with Crippen LogP contribution in [0.3, 0.4) is 0 Å².